The predicted octanol–water partition coefficient (Wildman–Crippen LogP) is 5.29. The maximum atomic E-state index is 14.5. The molecular weight excluding hydrogens is 237 g/mol. The summed E-state index contributed by atoms with van der Waals surface area (Å²) in [7, 11) is 0. The van der Waals surface area contributed by atoms with E-state index >= 15 is 0 Å². The van der Waals surface area contributed by atoms with Crippen LogP contribution in [0.4, 0.5) is 4.39 Å². The van der Waals surface area contributed by atoms with E-state index in [-0.39, 0.29) is 6.42 Å². The van der Waals surface area contributed by atoms with E-state index in [1.807, 2.05) is 12.1 Å². The van der Waals surface area contributed by atoms with Gasteiger partial charge in [-0.3, -0.25) is 0 Å². The van der Waals surface area contributed by atoms with Crippen molar-refractivity contribution in [3.8, 4) is 6.07 Å². The van der Waals surface area contributed by atoms with E-state index in [0.29, 0.717) is 5.56 Å². The average Bonchev–Trinajstić information content (AvgIpc) is 2.47. The maximum absolute atomic E-state index is 14.5. The molecule has 1 rings (SSSR count). The summed E-state index contributed by atoms with van der Waals surface area (Å²) in [5.41, 5.74) is -1.46. The van der Waals surface area contributed by atoms with Crippen LogP contribution in [0.1, 0.15) is 51.0 Å². The molecule has 0 fully saturated rings. The van der Waals surface area contributed by atoms with Gasteiger partial charge in [-0.25, -0.2) is 4.39 Å². The minimum absolute atomic E-state index is 0.126. The van der Waals surface area contributed by atoms with Crippen LogP contribution in [0.2, 0.25) is 0 Å². The molecule has 1 aromatic rings. The Bertz CT molecular complexity index is 419. The van der Waals surface area contributed by atoms with Crippen LogP contribution >= 0.6 is 0 Å². The molecule has 0 heterocycles. The standard InChI is InChI=1S/C17H22FN/c1-2-3-4-5-6-7-11-14-17(18,15-19)16-12-9-8-10-13-16/h7-13H,2-6,14H2,1H3/b11-7+. The summed E-state index contributed by atoms with van der Waals surface area (Å²) in [5.74, 6) is 0. The molecule has 19 heavy (non-hydrogen) atoms. The minimum Gasteiger partial charge on any atom is -0.222 e. The summed E-state index contributed by atoms with van der Waals surface area (Å²) in [6.45, 7) is 2.18. The number of hydrogen-bond acceptors (Lipinski definition) is 1. The van der Waals surface area contributed by atoms with Gasteiger partial charge in [-0.1, -0.05) is 68.7 Å². The molecular formula is C17H22FN. The van der Waals surface area contributed by atoms with Gasteiger partial charge in [-0.2, -0.15) is 5.26 Å². The van der Waals surface area contributed by atoms with Crippen molar-refractivity contribution in [3.05, 3.63) is 48.0 Å². The first kappa shape index (κ1) is 15.4. The van der Waals surface area contributed by atoms with E-state index in [4.69, 9.17) is 5.26 Å². The molecule has 1 nitrogen and oxygen atoms in total. The molecule has 0 aliphatic carbocycles. The molecule has 0 aromatic heterocycles. The smallest absolute Gasteiger partial charge is 0.222 e. The van der Waals surface area contributed by atoms with Gasteiger partial charge in [0, 0.05) is 12.0 Å². The fourth-order valence-electron chi connectivity index (χ4n) is 1.98. The average molecular weight is 259 g/mol. The molecule has 2 heteroatoms. The molecule has 0 radical (unpaired) electrons. The van der Waals surface area contributed by atoms with Crippen LogP contribution < -0.4 is 0 Å². The number of nitrogens with zero attached hydrogens (tertiary/aromatic N) is 1. The SMILES string of the molecule is CCCCCC/C=C/CC(F)(C#N)c1ccccc1. The van der Waals surface area contributed by atoms with Gasteiger partial charge in [0.25, 0.3) is 0 Å². The molecule has 0 saturated carbocycles. The van der Waals surface area contributed by atoms with Gasteiger partial charge in [-0.05, 0) is 12.8 Å². The zero-order chi connectivity index (χ0) is 14.0. The third-order valence-electron chi connectivity index (χ3n) is 3.20. The van der Waals surface area contributed by atoms with Crippen molar-refractivity contribution >= 4 is 0 Å². The largest absolute Gasteiger partial charge is 0.224 e. The Labute approximate surface area is 115 Å². The molecule has 1 unspecified atom stereocenters. The van der Waals surface area contributed by atoms with Crippen molar-refractivity contribution in [1.82, 2.24) is 0 Å². The summed E-state index contributed by atoms with van der Waals surface area (Å²) in [6.07, 6.45) is 9.72. The molecule has 0 aliphatic rings. The van der Waals surface area contributed by atoms with Crippen molar-refractivity contribution in [2.24, 2.45) is 0 Å². The predicted molar refractivity (Wildman–Crippen MR) is 77.4 cm³/mol. The Morgan fingerprint density at radius 3 is 2.53 bits per heavy atom. The summed E-state index contributed by atoms with van der Waals surface area (Å²) < 4.78 is 14.5. The molecule has 1 atom stereocenters. The highest BCUT2D eigenvalue weighted by Gasteiger charge is 2.29. The van der Waals surface area contributed by atoms with E-state index < -0.39 is 5.67 Å². The highest BCUT2D eigenvalue weighted by molar-refractivity contribution is 5.29. The minimum atomic E-state index is -1.90. The van der Waals surface area contributed by atoms with E-state index in [9.17, 15) is 4.39 Å². The van der Waals surface area contributed by atoms with Crippen LogP contribution in [-0.2, 0) is 5.67 Å². The zero-order valence-corrected chi connectivity index (χ0v) is 11.6. The number of nitriles is 1. The van der Waals surface area contributed by atoms with Crippen LogP contribution in [0.25, 0.3) is 0 Å². The number of halogens is 1. The number of alkyl halides is 1. The Morgan fingerprint density at radius 2 is 1.89 bits per heavy atom. The number of rotatable bonds is 8. The van der Waals surface area contributed by atoms with E-state index in [2.05, 4.69) is 6.92 Å². The van der Waals surface area contributed by atoms with Crippen molar-refractivity contribution < 1.29 is 4.39 Å². The molecule has 0 amide bonds. The van der Waals surface area contributed by atoms with Crippen molar-refractivity contribution in [2.75, 3.05) is 0 Å². The molecule has 0 spiro atoms. The summed E-state index contributed by atoms with van der Waals surface area (Å²) in [6, 6.07) is 10.5. The Morgan fingerprint density at radius 1 is 1.16 bits per heavy atom. The summed E-state index contributed by atoms with van der Waals surface area (Å²) >= 11 is 0. The second kappa shape index (κ2) is 8.48. The topological polar surface area (TPSA) is 23.8 Å². The van der Waals surface area contributed by atoms with Crippen LogP contribution in [0.5, 0.6) is 0 Å². The van der Waals surface area contributed by atoms with Crippen LogP contribution in [0.3, 0.4) is 0 Å². The normalized spacial score (nSPS) is 14.2. The molecule has 0 bridgehead atoms. The van der Waals surface area contributed by atoms with Gasteiger partial charge in [0.05, 0.1) is 0 Å². The second-order valence-electron chi connectivity index (χ2n) is 4.80. The lowest BCUT2D eigenvalue weighted by molar-refractivity contribution is 0.248. The number of unbranched alkanes of at least 4 members (excludes halogenated alkanes) is 4. The van der Waals surface area contributed by atoms with Crippen LogP contribution in [-0.4, -0.2) is 0 Å². The third kappa shape index (κ3) is 5.26. The Hall–Kier alpha value is -1.62. The Kier molecular flexibility index (Phi) is 6.89. The quantitative estimate of drug-likeness (QED) is 0.459. The molecule has 0 saturated heterocycles. The van der Waals surface area contributed by atoms with Gasteiger partial charge in [0.15, 0.2) is 0 Å². The lowest BCUT2D eigenvalue weighted by atomic mass is 9.93. The fraction of sp³-hybridized carbons (Fsp3) is 0.471. The fourth-order valence-corrected chi connectivity index (χ4v) is 1.98. The maximum Gasteiger partial charge on any atom is 0.224 e. The first-order valence-corrected chi connectivity index (χ1v) is 7.03. The highest BCUT2D eigenvalue weighted by atomic mass is 19.1. The van der Waals surface area contributed by atoms with E-state index in [1.165, 1.54) is 19.3 Å². The van der Waals surface area contributed by atoms with Crippen LogP contribution in [0, 0.1) is 11.3 Å². The molecule has 0 N–H and O–H groups in total. The zero-order valence-electron chi connectivity index (χ0n) is 11.6. The van der Waals surface area contributed by atoms with Gasteiger partial charge < -0.3 is 0 Å². The monoisotopic (exact) mass is 259 g/mol. The second-order valence-corrected chi connectivity index (χ2v) is 4.80. The van der Waals surface area contributed by atoms with Crippen molar-refractivity contribution in [2.45, 2.75) is 51.1 Å². The first-order valence-electron chi connectivity index (χ1n) is 7.03. The summed E-state index contributed by atoms with van der Waals surface area (Å²) in [4.78, 5) is 0. The summed E-state index contributed by atoms with van der Waals surface area (Å²) in [5, 5.41) is 9.05. The lowest BCUT2D eigenvalue weighted by Gasteiger charge is -2.15. The third-order valence-corrected chi connectivity index (χ3v) is 3.20. The number of hydrogen-bond donors (Lipinski definition) is 0. The van der Waals surface area contributed by atoms with E-state index in [0.717, 1.165) is 12.8 Å². The lowest BCUT2D eigenvalue weighted by Crippen LogP contribution is -2.16. The molecule has 0 aliphatic heterocycles. The van der Waals surface area contributed by atoms with Gasteiger partial charge in [0.1, 0.15) is 6.07 Å². The van der Waals surface area contributed by atoms with Gasteiger partial charge >= 0.3 is 0 Å². The molecule has 102 valence electrons. The van der Waals surface area contributed by atoms with E-state index in [1.54, 1.807) is 36.4 Å². The first-order chi connectivity index (χ1) is 9.23. The van der Waals surface area contributed by atoms with Gasteiger partial charge in [0.2, 0.25) is 5.67 Å². The van der Waals surface area contributed by atoms with Crippen LogP contribution in [0.15, 0.2) is 42.5 Å². The van der Waals surface area contributed by atoms with Crippen molar-refractivity contribution in [1.29, 1.82) is 5.26 Å². The van der Waals surface area contributed by atoms with Gasteiger partial charge in [-0.15, -0.1) is 0 Å². The number of benzene rings is 1. The Balaban J connectivity index is 2.45. The highest BCUT2D eigenvalue weighted by Crippen LogP contribution is 2.29. The number of allylic oxidation sites excluding steroid dienone is 2. The van der Waals surface area contributed by atoms with Crippen molar-refractivity contribution in [3.63, 3.8) is 0 Å². The molecule has 1 aromatic carbocycles.